The Kier molecular flexibility index (Phi) is 5.08. The van der Waals surface area contributed by atoms with Crippen LogP contribution in [0.25, 0.3) is 97.9 Å². The van der Waals surface area contributed by atoms with Crippen LogP contribution in [-0.2, 0) is 0 Å². The molecule has 0 bridgehead atoms. The third-order valence-electron chi connectivity index (χ3n) is 11.7. The number of rotatable bonds is 3. The Morgan fingerprint density at radius 2 is 0.925 bits per heavy atom. The van der Waals surface area contributed by atoms with Crippen molar-refractivity contribution < 1.29 is 0 Å². The Hall–Kier alpha value is -7.17. The molecule has 13 aromatic rings. The smallest absolute Gasteiger partial charge is 0.146 e. The van der Waals surface area contributed by atoms with Gasteiger partial charge in [0.05, 0.1) is 39.5 Å². The molecule has 4 heteroatoms. The summed E-state index contributed by atoms with van der Waals surface area (Å²) in [5.41, 5.74) is 10.4. The molecule has 0 fully saturated rings. The highest BCUT2D eigenvalue weighted by atomic mass is 15.2. The number of para-hydroxylation sites is 4. The first kappa shape index (κ1) is 27.5. The van der Waals surface area contributed by atoms with Crippen LogP contribution in [0.4, 0.5) is 17.1 Å². The molecule has 5 aromatic heterocycles. The number of nitrogens with zero attached hydrogens (tertiary/aromatic N) is 4. The molecule has 0 atom stereocenters. The topological polar surface area (TPSA) is 24.9 Å². The molecule has 0 aliphatic carbocycles. The minimum atomic E-state index is 1.01. The Morgan fingerprint density at radius 3 is 1.68 bits per heavy atom. The number of hydrogen-bond acceptors (Lipinski definition) is 2. The van der Waals surface area contributed by atoms with E-state index in [1.54, 1.807) is 0 Å². The minimum absolute atomic E-state index is 1.01. The molecule has 8 aromatic carbocycles. The Balaban J connectivity index is 1.27. The quantitative estimate of drug-likeness (QED) is 0.187. The van der Waals surface area contributed by atoms with E-state index in [-0.39, 0.29) is 0 Å². The lowest BCUT2D eigenvalue weighted by Gasteiger charge is -2.27. The van der Waals surface area contributed by atoms with Crippen LogP contribution in [-0.4, -0.2) is 13.8 Å². The summed E-state index contributed by atoms with van der Waals surface area (Å²) in [6.07, 6.45) is 2.13. The van der Waals surface area contributed by atoms with Crippen molar-refractivity contribution in [3.8, 4) is 0 Å². The molecule has 0 unspecified atom stereocenters. The summed E-state index contributed by atoms with van der Waals surface area (Å²) in [5.74, 6) is 0. The number of fused-ring (bicyclic) bond motifs is 17. The van der Waals surface area contributed by atoms with Crippen molar-refractivity contribution in [3.63, 3.8) is 0 Å². The molecule has 53 heavy (non-hydrogen) atoms. The first-order valence-electron chi connectivity index (χ1n) is 18.2. The second kappa shape index (κ2) is 9.78. The fourth-order valence-corrected chi connectivity index (χ4v) is 9.71. The molecular formula is C49H28N4. The van der Waals surface area contributed by atoms with Crippen molar-refractivity contribution in [2.75, 3.05) is 4.90 Å². The maximum absolute atomic E-state index is 5.44. The summed E-state index contributed by atoms with van der Waals surface area (Å²) >= 11 is 0. The molecule has 0 spiro atoms. The molecule has 5 heterocycles. The number of aromatic nitrogens is 3. The predicted molar refractivity (Wildman–Crippen MR) is 223 cm³/mol. The van der Waals surface area contributed by atoms with E-state index in [4.69, 9.17) is 4.98 Å². The highest BCUT2D eigenvalue weighted by Gasteiger charge is 2.28. The predicted octanol–water partition coefficient (Wildman–Crippen LogP) is 13.2. The lowest BCUT2D eigenvalue weighted by Crippen LogP contribution is -2.11. The molecule has 0 saturated heterocycles. The number of anilines is 3. The summed E-state index contributed by atoms with van der Waals surface area (Å²) in [7, 11) is 0. The maximum Gasteiger partial charge on any atom is 0.146 e. The lowest BCUT2D eigenvalue weighted by molar-refractivity contribution is 1.25. The van der Waals surface area contributed by atoms with Crippen molar-refractivity contribution in [2.24, 2.45) is 0 Å². The molecule has 0 amide bonds. The van der Waals surface area contributed by atoms with Gasteiger partial charge in [-0.05, 0) is 46.5 Å². The zero-order valence-corrected chi connectivity index (χ0v) is 28.5. The number of pyridine rings is 1. The van der Waals surface area contributed by atoms with E-state index in [9.17, 15) is 0 Å². The summed E-state index contributed by atoms with van der Waals surface area (Å²) < 4.78 is 4.96. The average molecular weight is 673 g/mol. The van der Waals surface area contributed by atoms with E-state index in [0.29, 0.717) is 0 Å². The molecule has 4 nitrogen and oxygen atoms in total. The molecule has 0 N–H and O–H groups in total. The van der Waals surface area contributed by atoms with Gasteiger partial charge in [0.2, 0.25) is 0 Å². The maximum atomic E-state index is 5.44. The zero-order valence-electron chi connectivity index (χ0n) is 28.5. The summed E-state index contributed by atoms with van der Waals surface area (Å²) in [4.78, 5) is 7.85. The van der Waals surface area contributed by atoms with Crippen LogP contribution in [0.5, 0.6) is 0 Å². The van der Waals surface area contributed by atoms with Crippen molar-refractivity contribution in [1.82, 2.24) is 13.8 Å². The first-order chi connectivity index (χ1) is 26.3. The first-order valence-corrected chi connectivity index (χ1v) is 18.2. The largest absolute Gasteiger partial charge is 0.308 e. The van der Waals surface area contributed by atoms with Gasteiger partial charge in [0.25, 0.3) is 0 Å². The summed E-state index contributed by atoms with van der Waals surface area (Å²) in [6, 6.07) is 59.7. The van der Waals surface area contributed by atoms with Crippen molar-refractivity contribution in [1.29, 1.82) is 0 Å². The van der Waals surface area contributed by atoms with E-state index in [2.05, 4.69) is 184 Å². The number of hydrogen-bond donors (Lipinski definition) is 0. The highest BCUT2D eigenvalue weighted by Crippen LogP contribution is 2.51. The molecule has 0 saturated carbocycles. The van der Waals surface area contributed by atoms with Gasteiger partial charge in [0.1, 0.15) is 5.65 Å². The second-order valence-corrected chi connectivity index (χ2v) is 14.3. The summed E-state index contributed by atoms with van der Waals surface area (Å²) in [6.45, 7) is 0. The average Bonchev–Trinajstić information content (AvgIpc) is 3.95. The van der Waals surface area contributed by atoms with E-state index in [1.807, 2.05) is 0 Å². The fourth-order valence-electron chi connectivity index (χ4n) is 9.71. The monoisotopic (exact) mass is 672 g/mol. The van der Waals surface area contributed by atoms with Gasteiger partial charge in [-0.15, -0.1) is 0 Å². The third kappa shape index (κ3) is 3.34. The third-order valence-corrected chi connectivity index (χ3v) is 11.7. The van der Waals surface area contributed by atoms with Gasteiger partial charge >= 0.3 is 0 Å². The van der Waals surface area contributed by atoms with Crippen LogP contribution in [0.3, 0.4) is 0 Å². The van der Waals surface area contributed by atoms with Crippen molar-refractivity contribution in [3.05, 3.63) is 170 Å². The molecule has 244 valence electrons. The normalized spacial score (nSPS) is 12.5. The van der Waals surface area contributed by atoms with Gasteiger partial charge in [0, 0.05) is 59.9 Å². The Morgan fingerprint density at radius 1 is 0.377 bits per heavy atom. The molecule has 0 aliphatic rings. The van der Waals surface area contributed by atoms with Gasteiger partial charge < -0.3 is 9.30 Å². The molecule has 0 aliphatic heterocycles. The van der Waals surface area contributed by atoms with Crippen LogP contribution < -0.4 is 4.90 Å². The standard InChI is InChI=1S/C49H28N4/c1-3-15-31(16-4-1)51(32-17-5-2-6-18-32)40-27-30-14-8-9-19-33(30)42-37-22-12-23-38-43-41(52(47(37)38)48(40)42)28-50-49-44(43)39-24-11-21-35-36-26-25-29-13-7-10-20-34(29)45(36)53(49)46(35)39/h1-28H. The highest BCUT2D eigenvalue weighted by molar-refractivity contribution is 6.37. The second-order valence-electron chi connectivity index (χ2n) is 14.3. The fraction of sp³-hybridized carbons (Fsp3) is 0. The van der Waals surface area contributed by atoms with Gasteiger partial charge in [-0.2, -0.15) is 0 Å². The Bertz CT molecular complexity index is 3580. The Labute approximate surface area is 302 Å². The van der Waals surface area contributed by atoms with E-state index >= 15 is 0 Å². The molecular weight excluding hydrogens is 645 g/mol. The number of benzene rings is 8. The van der Waals surface area contributed by atoms with Crippen LogP contribution in [0.1, 0.15) is 0 Å². The van der Waals surface area contributed by atoms with Gasteiger partial charge in [-0.3, -0.25) is 4.40 Å². The van der Waals surface area contributed by atoms with Crippen LogP contribution in [0.2, 0.25) is 0 Å². The van der Waals surface area contributed by atoms with Crippen molar-refractivity contribution in [2.45, 2.75) is 0 Å². The van der Waals surface area contributed by atoms with Crippen molar-refractivity contribution >= 4 is 115 Å². The zero-order chi connectivity index (χ0) is 34.4. The SMILES string of the molecule is c1ccc(N(c2ccccc2)c2cc3ccccc3c3c4cccc5c6c7c8cccc9c%10ccc%11ccccc%11c%10n(c7ncc6n(c23)c54)c98)cc1. The van der Waals surface area contributed by atoms with Gasteiger partial charge in [-0.25, -0.2) is 4.98 Å². The van der Waals surface area contributed by atoms with Crippen LogP contribution in [0, 0.1) is 0 Å². The summed E-state index contributed by atoms with van der Waals surface area (Å²) in [5, 5.41) is 15.0. The van der Waals surface area contributed by atoms with Gasteiger partial charge in [0.15, 0.2) is 0 Å². The molecule has 0 radical (unpaired) electrons. The minimum Gasteiger partial charge on any atom is -0.308 e. The lowest BCUT2D eigenvalue weighted by atomic mass is 9.99. The van der Waals surface area contributed by atoms with Crippen LogP contribution in [0.15, 0.2) is 170 Å². The van der Waals surface area contributed by atoms with E-state index < -0.39 is 0 Å². The molecule has 13 rings (SSSR count). The van der Waals surface area contributed by atoms with Crippen LogP contribution >= 0.6 is 0 Å². The van der Waals surface area contributed by atoms with E-state index in [1.165, 1.54) is 86.7 Å². The van der Waals surface area contributed by atoms with E-state index in [0.717, 1.165) is 28.2 Å². The van der Waals surface area contributed by atoms with Gasteiger partial charge in [-0.1, -0.05) is 133 Å².